The van der Waals surface area contributed by atoms with Crippen LogP contribution in [0.5, 0.6) is 0 Å². The van der Waals surface area contributed by atoms with Crippen molar-refractivity contribution in [1.29, 1.82) is 0 Å². The van der Waals surface area contributed by atoms with Crippen LogP contribution in [0.3, 0.4) is 0 Å². The van der Waals surface area contributed by atoms with Gasteiger partial charge in [0, 0.05) is 34.8 Å². The number of para-hydroxylation sites is 2. The molecule has 0 unspecified atom stereocenters. The standard InChI is InChI=1S/C26H22N2O2/c1-27-15-7-11-19-18(8-6-14-23(19)27)16-22-20-9-2-4-12-24(20)28(17-26(29)30)25-13-5-3-10-21(22)25/h2-15,22H,16-17H2,1H3/p+1. The first-order valence-electron chi connectivity index (χ1n) is 10.2. The molecule has 0 aliphatic carbocycles. The minimum absolute atomic E-state index is 0.0507. The maximum absolute atomic E-state index is 11.6. The quantitative estimate of drug-likeness (QED) is 0.515. The van der Waals surface area contributed by atoms with E-state index in [4.69, 9.17) is 0 Å². The van der Waals surface area contributed by atoms with Crippen LogP contribution in [0.2, 0.25) is 0 Å². The fraction of sp³-hybridized carbons (Fsp3) is 0.154. The number of nitrogens with zero attached hydrogens (tertiary/aromatic N) is 2. The molecule has 0 atom stereocenters. The van der Waals surface area contributed by atoms with E-state index in [1.807, 2.05) is 41.3 Å². The van der Waals surface area contributed by atoms with Crippen molar-refractivity contribution in [2.75, 3.05) is 11.4 Å². The number of hydrogen-bond acceptors (Lipinski definition) is 2. The Labute approximate surface area is 175 Å². The Kier molecular flexibility index (Phi) is 4.47. The monoisotopic (exact) mass is 395 g/mol. The number of aryl methyl sites for hydroxylation is 1. The highest BCUT2D eigenvalue weighted by atomic mass is 16.4. The molecule has 3 aromatic carbocycles. The molecule has 0 saturated carbocycles. The normalized spacial score (nSPS) is 13.2. The Morgan fingerprint density at radius 1 is 0.900 bits per heavy atom. The van der Waals surface area contributed by atoms with Crippen molar-refractivity contribution in [3.05, 3.63) is 102 Å². The number of rotatable bonds is 4. The fourth-order valence-corrected chi connectivity index (χ4v) is 4.72. The van der Waals surface area contributed by atoms with Gasteiger partial charge in [0.1, 0.15) is 13.6 Å². The third-order valence-electron chi connectivity index (χ3n) is 6.05. The summed E-state index contributed by atoms with van der Waals surface area (Å²) in [5.74, 6) is -0.668. The first-order valence-corrected chi connectivity index (χ1v) is 10.2. The van der Waals surface area contributed by atoms with Crippen LogP contribution in [-0.4, -0.2) is 17.6 Å². The van der Waals surface area contributed by atoms with Crippen molar-refractivity contribution in [2.24, 2.45) is 7.05 Å². The van der Waals surface area contributed by atoms with Gasteiger partial charge in [0.25, 0.3) is 0 Å². The Morgan fingerprint density at radius 3 is 2.23 bits per heavy atom. The van der Waals surface area contributed by atoms with Gasteiger partial charge in [-0.25, -0.2) is 4.57 Å². The van der Waals surface area contributed by atoms with Gasteiger partial charge < -0.3 is 10.0 Å². The zero-order valence-electron chi connectivity index (χ0n) is 16.8. The van der Waals surface area contributed by atoms with Gasteiger partial charge >= 0.3 is 5.97 Å². The number of fused-ring (bicyclic) bond motifs is 3. The number of anilines is 2. The molecule has 4 heteroatoms. The van der Waals surface area contributed by atoms with Gasteiger partial charge in [0.2, 0.25) is 5.52 Å². The molecule has 1 N–H and O–H groups in total. The number of aromatic nitrogens is 1. The zero-order valence-corrected chi connectivity index (χ0v) is 16.8. The second-order valence-corrected chi connectivity index (χ2v) is 7.82. The minimum Gasteiger partial charge on any atom is -0.480 e. The summed E-state index contributed by atoms with van der Waals surface area (Å²) in [5, 5.41) is 10.8. The summed E-state index contributed by atoms with van der Waals surface area (Å²) in [6.07, 6.45) is 2.93. The van der Waals surface area contributed by atoms with Gasteiger partial charge in [-0.1, -0.05) is 48.5 Å². The second-order valence-electron chi connectivity index (χ2n) is 7.82. The van der Waals surface area contributed by atoms with Crippen molar-refractivity contribution in [3.8, 4) is 0 Å². The molecule has 4 nitrogen and oxygen atoms in total. The predicted octanol–water partition coefficient (Wildman–Crippen LogP) is 4.58. The zero-order chi connectivity index (χ0) is 20.7. The summed E-state index contributed by atoms with van der Waals surface area (Å²) in [4.78, 5) is 13.5. The fourth-order valence-electron chi connectivity index (χ4n) is 4.72. The highest BCUT2D eigenvalue weighted by molar-refractivity contribution is 5.84. The van der Waals surface area contributed by atoms with Crippen LogP contribution in [0.4, 0.5) is 11.4 Å². The van der Waals surface area contributed by atoms with Crippen LogP contribution in [0.15, 0.2) is 85.1 Å². The molecule has 4 aromatic rings. The number of carbonyl (C=O) groups is 1. The molecule has 30 heavy (non-hydrogen) atoms. The number of pyridine rings is 1. The molecule has 148 valence electrons. The van der Waals surface area contributed by atoms with E-state index in [1.165, 1.54) is 27.6 Å². The highest BCUT2D eigenvalue weighted by Crippen LogP contribution is 2.46. The number of benzene rings is 3. The molecule has 2 heterocycles. The van der Waals surface area contributed by atoms with E-state index in [2.05, 4.69) is 60.3 Å². The first-order chi connectivity index (χ1) is 14.6. The van der Waals surface area contributed by atoms with Gasteiger partial charge in [-0.05, 0) is 41.3 Å². The van der Waals surface area contributed by atoms with E-state index in [9.17, 15) is 9.90 Å². The number of carboxylic acid groups (broad SMARTS) is 1. The van der Waals surface area contributed by atoms with E-state index in [1.54, 1.807) is 0 Å². The number of aliphatic carboxylic acids is 1. The third kappa shape index (κ3) is 3.01. The van der Waals surface area contributed by atoms with Crippen LogP contribution in [-0.2, 0) is 18.3 Å². The van der Waals surface area contributed by atoms with Crippen molar-refractivity contribution in [3.63, 3.8) is 0 Å². The van der Waals surface area contributed by atoms with Gasteiger partial charge in [0.05, 0.1) is 0 Å². The Hall–Kier alpha value is -3.66. The predicted molar refractivity (Wildman–Crippen MR) is 118 cm³/mol. The summed E-state index contributed by atoms with van der Waals surface area (Å²) in [7, 11) is 2.07. The molecule has 0 amide bonds. The summed E-state index contributed by atoms with van der Waals surface area (Å²) in [6.45, 7) is -0.0507. The summed E-state index contributed by atoms with van der Waals surface area (Å²) < 4.78 is 2.15. The molecule has 1 aromatic heterocycles. The van der Waals surface area contributed by atoms with Crippen LogP contribution < -0.4 is 9.47 Å². The number of hydrogen-bond donors (Lipinski definition) is 1. The summed E-state index contributed by atoms with van der Waals surface area (Å²) >= 11 is 0. The lowest BCUT2D eigenvalue weighted by Crippen LogP contribution is -2.31. The molecule has 0 bridgehead atoms. The maximum Gasteiger partial charge on any atom is 0.323 e. The Bertz CT molecular complexity index is 1220. The van der Waals surface area contributed by atoms with Crippen LogP contribution in [0, 0.1) is 0 Å². The highest BCUT2D eigenvalue weighted by Gasteiger charge is 2.31. The summed E-state index contributed by atoms with van der Waals surface area (Å²) in [5.41, 5.74) is 6.82. The van der Waals surface area contributed by atoms with Crippen molar-refractivity contribution in [2.45, 2.75) is 12.3 Å². The van der Waals surface area contributed by atoms with Crippen LogP contribution >= 0.6 is 0 Å². The molecule has 1 aliphatic rings. The van der Waals surface area contributed by atoms with Gasteiger partial charge in [-0.3, -0.25) is 4.79 Å². The van der Waals surface area contributed by atoms with Crippen LogP contribution in [0.1, 0.15) is 22.6 Å². The van der Waals surface area contributed by atoms with Crippen molar-refractivity contribution < 1.29 is 14.5 Å². The average molecular weight is 395 g/mol. The van der Waals surface area contributed by atoms with Gasteiger partial charge in [0.15, 0.2) is 6.20 Å². The largest absolute Gasteiger partial charge is 0.480 e. The van der Waals surface area contributed by atoms with E-state index < -0.39 is 5.97 Å². The van der Waals surface area contributed by atoms with Gasteiger partial charge in [-0.15, -0.1) is 0 Å². The van der Waals surface area contributed by atoms with Gasteiger partial charge in [-0.2, -0.15) is 0 Å². The van der Waals surface area contributed by atoms with Crippen molar-refractivity contribution >= 4 is 28.2 Å². The Morgan fingerprint density at radius 2 is 1.57 bits per heavy atom. The molecule has 1 aliphatic heterocycles. The van der Waals surface area contributed by atoms with E-state index in [-0.39, 0.29) is 12.5 Å². The molecule has 5 rings (SSSR count). The first kappa shape index (κ1) is 18.4. The molecular weight excluding hydrogens is 372 g/mol. The molecule has 0 fully saturated rings. The number of carboxylic acids is 1. The lowest BCUT2D eigenvalue weighted by Gasteiger charge is -2.37. The molecule has 0 radical (unpaired) electrons. The molecular formula is C26H23N2O2+. The second kappa shape index (κ2) is 7.30. The van der Waals surface area contributed by atoms with E-state index in [0.717, 1.165) is 17.8 Å². The lowest BCUT2D eigenvalue weighted by molar-refractivity contribution is -0.644. The Balaban J connectivity index is 1.67. The molecule has 0 saturated heterocycles. The van der Waals surface area contributed by atoms with E-state index >= 15 is 0 Å². The van der Waals surface area contributed by atoms with Crippen LogP contribution in [0.25, 0.3) is 10.9 Å². The summed E-state index contributed by atoms with van der Waals surface area (Å²) in [6, 6.07) is 27.1. The average Bonchev–Trinajstić information content (AvgIpc) is 2.76. The SMILES string of the molecule is C[n+]1cccc2c(CC3c4ccccc4N(CC(=O)O)c4ccccc43)cccc21. The third-order valence-corrected chi connectivity index (χ3v) is 6.05. The minimum atomic E-state index is -0.834. The maximum atomic E-state index is 11.6. The molecule has 0 spiro atoms. The topological polar surface area (TPSA) is 44.4 Å². The van der Waals surface area contributed by atoms with Crippen molar-refractivity contribution in [1.82, 2.24) is 0 Å². The van der Waals surface area contributed by atoms with E-state index in [0.29, 0.717) is 0 Å². The smallest absolute Gasteiger partial charge is 0.323 e. The lowest BCUT2D eigenvalue weighted by atomic mass is 9.80.